The van der Waals surface area contributed by atoms with Gasteiger partial charge in [0.2, 0.25) is 0 Å². The highest BCUT2D eigenvalue weighted by atomic mass is 16.5. The van der Waals surface area contributed by atoms with Crippen molar-refractivity contribution in [1.29, 1.82) is 0 Å². The van der Waals surface area contributed by atoms with Gasteiger partial charge >= 0.3 is 0 Å². The lowest BCUT2D eigenvalue weighted by atomic mass is 9.83. The Kier molecular flexibility index (Phi) is 3.66. The van der Waals surface area contributed by atoms with E-state index in [9.17, 15) is 0 Å². The zero-order valence-corrected chi connectivity index (χ0v) is 16.0. The molecular weight excluding hydrogens is 350 g/mol. The Morgan fingerprint density at radius 3 is 2.75 bits per heavy atom. The lowest BCUT2D eigenvalue weighted by Crippen LogP contribution is -2.48. The van der Waals surface area contributed by atoms with E-state index in [1.165, 1.54) is 24.1 Å². The van der Waals surface area contributed by atoms with Crippen LogP contribution in [0.1, 0.15) is 36.9 Å². The molecule has 1 saturated heterocycles. The molecule has 0 unspecified atom stereocenters. The van der Waals surface area contributed by atoms with Crippen LogP contribution in [0.4, 0.5) is 0 Å². The van der Waals surface area contributed by atoms with Crippen molar-refractivity contribution >= 4 is 0 Å². The molecule has 3 aromatic rings. The third-order valence-corrected chi connectivity index (χ3v) is 6.52. The number of likely N-dealkylation sites (tertiary alicyclic amines) is 1. The van der Waals surface area contributed by atoms with Crippen LogP contribution in [0.5, 0.6) is 5.75 Å². The molecule has 2 fully saturated rings. The van der Waals surface area contributed by atoms with Crippen LogP contribution in [0, 0.1) is 5.92 Å². The van der Waals surface area contributed by atoms with Crippen molar-refractivity contribution < 1.29 is 9.15 Å². The van der Waals surface area contributed by atoms with Crippen LogP contribution in [0.15, 0.2) is 53.6 Å². The van der Waals surface area contributed by atoms with Gasteiger partial charge in [-0.1, -0.05) is 12.1 Å². The van der Waals surface area contributed by atoms with Gasteiger partial charge in [0, 0.05) is 50.1 Å². The van der Waals surface area contributed by atoms with E-state index < -0.39 is 0 Å². The number of furan rings is 1. The van der Waals surface area contributed by atoms with Crippen LogP contribution < -0.4 is 4.74 Å². The van der Waals surface area contributed by atoms with Gasteiger partial charge in [-0.2, -0.15) is 0 Å². The lowest BCUT2D eigenvalue weighted by Gasteiger charge is -2.44. The summed E-state index contributed by atoms with van der Waals surface area (Å²) in [6, 6.07) is 10.4. The van der Waals surface area contributed by atoms with Crippen molar-refractivity contribution in [3.63, 3.8) is 0 Å². The summed E-state index contributed by atoms with van der Waals surface area (Å²) in [6.07, 6.45) is 10.3. The van der Waals surface area contributed by atoms with Crippen LogP contribution in [0.3, 0.4) is 0 Å². The predicted octanol–water partition coefficient (Wildman–Crippen LogP) is 4.44. The summed E-state index contributed by atoms with van der Waals surface area (Å²) in [4.78, 5) is 7.37. The number of fused-ring (bicyclic) bond motifs is 4. The van der Waals surface area contributed by atoms with Crippen molar-refractivity contribution in [3.8, 4) is 17.0 Å². The molecule has 1 aliphatic carbocycles. The number of para-hydroxylation sites is 1. The van der Waals surface area contributed by atoms with Gasteiger partial charge in [0.25, 0.3) is 0 Å². The minimum absolute atomic E-state index is 0.262. The summed E-state index contributed by atoms with van der Waals surface area (Å²) in [5.74, 6) is 1.80. The molecule has 1 saturated carbocycles. The third-order valence-electron chi connectivity index (χ3n) is 6.52. The molecule has 144 valence electrons. The quantitative estimate of drug-likeness (QED) is 0.676. The van der Waals surface area contributed by atoms with Crippen molar-refractivity contribution in [2.24, 2.45) is 5.92 Å². The molecule has 0 bridgehead atoms. The standard InChI is InChI=1S/C23H25N3O2/c1-2-4-20-19(3-1)21-22(26(16-24-21)14-17-5-6-17)23(28-20)8-10-25(11-9-23)13-18-7-12-27-15-18/h1-4,7,12,15-17H,5-6,8-11,13-14H2. The van der Waals surface area contributed by atoms with Crippen molar-refractivity contribution in [2.75, 3.05) is 13.1 Å². The summed E-state index contributed by atoms with van der Waals surface area (Å²) in [5, 5.41) is 0. The molecule has 0 N–H and O–H groups in total. The Morgan fingerprint density at radius 2 is 1.96 bits per heavy atom. The molecule has 5 heteroatoms. The number of hydrogen-bond donors (Lipinski definition) is 0. The first-order chi connectivity index (χ1) is 13.8. The van der Waals surface area contributed by atoms with Gasteiger partial charge in [-0.3, -0.25) is 4.90 Å². The summed E-state index contributed by atoms with van der Waals surface area (Å²) in [6.45, 7) is 4.05. The van der Waals surface area contributed by atoms with E-state index in [1.54, 1.807) is 6.26 Å². The van der Waals surface area contributed by atoms with E-state index in [0.29, 0.717) is 0 Å². The second kappa shape index (κ2) is 6.24. The molecule has 4 heterocycles. The molecule has 1 spiro atoms. The highest BCUT2D eigenvalue weighted by molar-refractivity contribution is 5.72. The molecule has 0 amide bonds. The highest BCUT2D eigenvalue weighted by Gasteiger charge is 2.46. The normalized spacial score (nSPS) is 20.6. The second-order valence-electron chi connectivity index (χ2n) is 8.54. The summed E-state index contributed by atoms with van der Waals surface area (Å²) >= 11 is 0. The van der Waals surface area contributed by atoms with Gasteiger partial charge in [0.15, 0.2) is 5.60 Å². The molecule has 6 rings (SSSR count). The second-order valence-corrected chi connectivity index (χ2v) is 8.54. The Labute approximate surface area is 164 Å². The van der Waals surface area contributed by atoms with E-state index in [2.05, 4.69) is 39.8 Å². The first kappa shape index (κ1) is 16.4. The Balaban J connectivity index is 1.34. The van der Waals surface area contributed by atoms with Gasteiger partial charge in [0.1, 0.15) is 5.75 Å². The number of piperidine rings is 1. The molecule has 5 nitrogen and oxygen atoms in total. The monoisotopic (exact) mass is 375 g/mol. The number of imidazole rings is 1. The van der Waals surface area contributed by atoms with Crippen LogP contribution in [0.2, 0.25) is 0 Å². The fraction of sp³-hybridized carbons (Fsp3) is 0.435. The SMILES string of the molecule is c1ccc2c(c1)OC1(CCN(Cc3ccoc3)CC1)c1c-2ncn1CC1CC1. The van der Waals surface area contributed by atoms with Gasteiger partial charge in [0.05, 0.1) is 30.2 Å². The summed E-state index contributed by atoms with van der Waals surface area (Å²) < 4.78 is 14.4. The largest absolute Gasteiger partial charge is 0.480 e. The van der Waals surface area contributed by atoms with Crippen LogP contribution in [0.25, 0.3) is 11.3 Å². The number of nitrogens with zero attached hydrogens (tertiary/aromatic N) is 3. The number of rotatable bonds is 4. The molecule has 0 atom stereocenters. The molecule has 0 radical (unpaired) electrons. The van der Waals surface area contributed by atoms with Gasteiger partial charge in [-0.15, -0.1) is 0 Å². The maximum atomic E-state index is 6.77. The number of aromatic nitrogens is 2. The highest BCUT2D eigenvalue weighted by Crippen LogP contribution is 2.49. The Bertz CT molecular complexity index is 979. The molecule has 3 aliphatic rings. The average molecular weight is 375 g/mol. The van der Waals surface area contributed by atoms with E-state index in [4.69, 9.17) is 14.1 Å². The zero-order valence-electron chi connectivity index (χ0n) is 16.0. The summed E-state index contributed by atoms with van der Waals surface area (Å²) in [5.41, 5.74) is 4.55. The van der Waals surface area contributed by atoms with Crippen molar-refractivity contribution in [2.45, 2.75) is 44.4 Å². The number of ether oxygens (including phenoxy) is 1. The minimum Gasteiger partial charge on any atom is -0.480 e. The van der Waals surface area contributed by atoms with Crippen LogP contribution in [-0.2, 0) is 18.7 Å². The number of hydrogen-bond acceptors (Lipinski definition) is 4. The maximum Gasteiger partial charge on any atom is 0.153 e. The van der Waals surface area contributed by atoms with Gasteiger partial charge in [-0.05, 0) is 37.0 Å². The summed E-state index contributed by atoms with van der Waals surface area (Å²) in [7, 11) is 0. The van der Waals surface area contributed by atoms with Gasteiger partial charge < -0.3 is 13.7 Å². The predicted molar refractivity (Wildman–Crippen MR) is 106 cm³/mol. The molecule has 1 aromatic carbocycles. The van der Waals surface area contributed by atoms with Crippen molar-refractivity contribution in [3.05, 3.63) is 60.4 Å². The Morgan fingerprint density at radius 1 is 1.11 bits per heavy atom. The number of benzene rings is 1. The molecule has 2 aromatic heterocycles. The topological polar surface area (TPSA) is 43.4 Å². The van der Waals surface area contributed by atoms with E-state index in [-0.39, 0.29) is 5.60 Å². The van der Waals surface area contributed by atoms with Crippen LogP contribution in [-0.4, -0.2) is 27.5 Å². The first-order valence-electron chi connectivity index (χ1n) is 10.4. The average Bonchev–Trinajstić information content (AvgIpc) is 3.20. The lowest BCUT2D eigenvalue weighted by molar-refractivity contribution is -0.0131. The zero-order chi connectivity index (χ0) is 18.6. The smallest absolute Gasteiger partial charge is 0.153 e. The minimum atomic E-state index is -0.262. The van der Waals surface area contributed by atoms with Gasteiger partial charge in [-0.25, -0.2) is 4.98 Å². The van der Waals surface area contributed by atoms with Crippen molar-refractivity contribution in [1.82, 2.24) is 14.5 Å². The Hall–Kier alpha value is -2.53. The van der Waals surface area contributed by atoms with E-state index >= 15 is 0 Å². The van der Waals surface area contributed by atoms with Crippen LogP contribution >= 0.6 is 0 Å². The first-order valence-corrected chi connectivity index (χ1v) is 10.4. The van der Waals surface area contributed by atoms with E-state index in [1.807, 2.05) is 12.6 Å². The third kappa shape index (κ3) is 2.68. The van der Waals surface area contributed by atoms with E-state index in [0.717, 1.165) is 61.9 Å². The molecule has 2 aliphatic heterocycles. The molecule has 28 heavy (non-hydrogen) atoms. The molecular formula is C23H25N3O2. The fourth-order valence-corrected chi connectivity index (χ4v) is 4.84. The maximum absolute atomic E-state index is 6.77. The fourth-order valence-electron chi connectivity index (χ4n) is 4.84.